The minimum atomic E-state index is -3.05. The average Bonchev–Trinajstić information content (AvgIpc) is 3.71. The summed E-state index contributed by atoms with van der Waals surface area (Å²) in [5, 5.41) is 24.7. The maximum absolute atomic E-state index is 13.4. The lowest BCUT2D eigenvalue weighted by Crippen LogP contribution is -2.50. The standard InChI is InChI=1S/C27H30F2N12O2S/c1-37(2)9-10-38-13-17(14-38)41-34-23(33-36-41)16-39-15-21(32-26(42)20-12-31-40-8-4-7-30-25(20)40)24(35-39)19-11-18(44-3)5-6-22(19)43-27(28)29/h4-8,11-12,15,17,27H,9-10,13-14,16H2,1-3H3,(H,32,42). The van der Waals surface area contributed by atoms with Gasteiger partial charge in [0.05, 0.1) is 17.9 Å². The van der Waals surface area contributed by atoms with Crippen LogP contribution in [0.15, 0.2) is 53.9 Å². The molecule has 17 heteroatoms. The number of thioether (sulfide) groups is 1. The topological polar surface area (TPSA) is 136 Å². The van der Waals surface area contributed by atoms with Crippen molar-refractivity contribution in [1.29, 1.82) is 0 Å². The summed E-state index contributed by atoms with van der Waals surface area (Å²) in [6.45, 7) is 0.692. The van der Waals surface area contributed by atoms with E-state index in [4.69, 9.17) is 4.74 Å². The van der Waals surface area contributed by atoms with Gasteiger partial charge in [-0.15, -0.1) is 22.0 Å². The van der Waals surface area contributed by atoms with Crippen molar-refractivity contribution in [2.75, 3.05) is 51.8 Å². The molecular formula is C27H30F2N12O2S. The Labute approximate surface area is 255 Å². The van der Waals surface area contributed by atoms with E-state index in [1.807, 2.05) is 20.4 Å². The van der Waals surface area contributed by atoms with Gasteiger partial charge in [0.2, 0.25) is 0 Å². The Morgan fingerprint density at radius 2 is 2.09 bits per heavy atom. The SMILES string of the molecule is CSc1ccc(OC(F)F)c(-c2nn(Cc3nnn(C4CN(CCN(C)C)C4)n3)cc2NC(=O)c2cnn3cccnc23)c1. The molecule has 230 valence electrons. The van der Waals surface area contributed by atoms with E-state index in [-0.39, 0.29) is 40.8 Å². The molecule has 1 aliphatic heterocycles. The summed E-state index contributed by atoms with van der Waals surface area (Å²) in [6, 6.07) is 6.65. The van der Waals surface area contributed by atoms with Crippen molar-refractivity contribution in [2.45, 2.75) is 24.1 Å². The number of hydrogen-bond acceptors (Lipinski definition) is 11. The van der Waals surface area contributed by atoms with E-state index in [0.717, 1.165) is 31.1 Å². The van der Waals surface area contributed by atoms with Gasteiger partial charge >= 0.3 is 6.61 Å². The lowest BCUT2D eigenvalue weighted by atomic mass is 10.1. The number of rotatable bonds is 12. The monoisotopic (exact) mass is 624 g/mol. The van der Waals surface area contributed by atoms with Crippen LogP contribution in [-0.4, -0.2) is 113 Å². The van der Waals surface area contributed by atoms with Gasteiger partial charge in [-0.05, 0) is 49.8 Å². The molecule has 5 heterocycles. The van der Waals surface area contributed by atoms with Crippen LogP contribution in [0, 0.1) is 0 Å². The predicted molar refractivity (Wildman–Crippen MR) is 158 cm³/mol. The molecular weight excluding hydrogens is 594 g/mol. The van der Waals surface area contributed by atoms with Gasteiger partial charge in [-0.3, -0.25) is 14.4 Å². The molecule has 1 aliphatic rings. The molecule has 1 saturated heterocycles. The fourth-order valence-electron chi connectivity index (χ4n) is 4.82. The van der Waals surface area contributed by atoms with Crippen LogP contribution in [0.3, 0.4) is 0 Å². The van der Waals surface area contributed by atoms with Crippen molar-refractivity contribution in [3.8, 4) is 17.0 Å². The smallest absolute Gasteiger partial charge is 0.387 e. The highest BCUT2D eigenvalue weighted by Gasteiger charge is 2.30. The number of carbonyl (C=O) groups excluding carboxylic acids is 1. The third kappa shape index (κ3) is 6.39. The van der Waals surface area contributed by atoms with Crippen LogP contribution in [0.4, 0.5) is 14.5 Å². The quantitative estimate of drug-likeness (QED) is 0.205. The first-order valence-electron chi connectivity index (χ1n) is 13.7. The largest absolute Gasteiger partial charge is 0.434 e. The molecule has 1 N–H and O–H groups in total. The fourth-order valence-corrected chi connectivity index (χ4v) is 5.26. The first kappa shape index (κ1) is 29.6. The number of fused-ring (bicyclic) bond motifs is 1. The third-order valence-corrected chi connectivity index (χ3v) is 7.82. The Hall–Kier alpha value is -4.48. The molecule has 4 aromatic heterocycles. The second kappa shape index (κ2) is 12.6. The number of tetrazole rings is 1. The molecule has 1 aromatic carbocycles. The normalized spacial score (nSPS) is 14.1. The minimum Gasteiger partial charge on any atom is -0.434 e. The Balaban J connectivity index is 1.28. The Morgan fingerprint density at radius 1 is 1.25 bits per heavy atom. The number of amides is 1. The molecule has 5 aromatic rings. The number of likely N-dealkylation sites (tertiary alicyclic amines) is 1. The van der Waals surface area contributed by atoms with Gasteiger partial charge in [0.1, 0.15) is 23.6 Å². The molecule has 0 radical (unpaired) electrons. The molecule has 0 spiro atoms. The minimum absolute atomic E-state index is 0.0796. The van der Waals surface area contributed by atoms with Crippen LogP contribution in [0.5, 0.6) is 5.75 Å². The van der Waals surface area contributed by atoms with E-state index in [2.05, 4.69) is 45.7 Å². The molecule has 1 amide bonds. The first-order chi connectivity index (χ1) is 21.3. The van der Waals surface area contributed by atoms with E-state index < -0.39 is 12.5 Å². The van der Waals surface area contributed by atoms with Crippen LogP contribution in [0.1, 0.15) is 22.2 Å². The lowest BCUT2D eigenvalue weighted by molar-refractivity contribution is -0.0494. The Kier molecular flexibility index (Phi) is 8.49. The molecule has 0 saturated carbocycles. The van der Waals surface area contributed by atoms with Gasteiger partial charge in [0.25, 0.3) is 5.91 Å². The Bertz CT molecular complexity index is 1760. The van der Waals surface area contributed by atoms with Gasteiger partial charge in [0, 0.05) is 55.2 Å². The summed E-state index contributed by atoms with van der Waals surface area (Å²) < 4.78 is 34.6. The van der Waals surface area contributed by atoms with Crippen LogP contribution < -0.4 is 10.1 Å². The molecule has 44 heavy (non-hydrogen) atoms. The molecule has 14 nitrogen and oxygen atoms in total. The number of alkyl halides is 2. The Morgan fingerprint density at radius 3 is 2.86 bits per heavy atom. The number of likely N-dealkylation sites (N-methyl/N-ethyl adjacent to an activating group) is 1. The van der Waals surface area contributed by atoms with Crippen LogP contribution in [0.25, 0.3) is 16.9 Å². The zero-order valence-electron chi connectivity index (χ0n) is 24.2. The van der Waals surface area contributed by atoms with Gasteiger partial charge < -0.3 is 15.0 Å². The number of nitrogens with one attached hydrogen (secondary N) is 1. The molecule has 0 bridgehead atoms. The first-order valence-corrected chi connectivity index (χ1v) is 15.0. The molecule has 0 aliphatic carbocycles. The lowest BCUT2D eigenvalue weighted by Gasteiger charge is -2.38. The summed E-state index contributed by atoms with van der Waals surface area (Å²) >= 11 is 1.43. The second-order valence-electron chi connectivity index (χ2n) is 10.5. The maximum Gasteiger partial charge on any atom is 0.387 e. The maximum atomic E-state index is 13.4. The average molecular weight is 625 g/mol. The molecule has 0 atom stereocenters. The van der Waals surface area contributed by atoms with Crippen molar-refractivity contribution in [3.63, 3.8) is 0 Å². The summed E-state index contributed by atoms with van der Waals surface area (Å²) in [4.78, 5) is 24.5. The van der Waals surface area contributed by atoms with Gasteiger partial charge in [0.15, 0.2) is 11.5 Å². The van der Waals surface area contributed by atoms with E-state index in [9.17, 15) is 13.6 Å². The number of ether oxygens (including phenoxy) is 1. The van der Waals surface area contributed by atoms with Crippen molar-refractivity contribution in [3.05, 3.63) is 60.4 Å². The summed E-state index contributed by atoms with van der Waals surface area (Å²) in [6.07, 6.45) is 8.10. The highest BCUT2D eigenvalue weighted by molar-refractivity contribution is 7.98. The van der Waals surface area contributed by atoms with E-state index in [1.54, 1.807) is 41.6 Å². The van der Waals surface area contributed by atoms with Crippen LogP contribution in [-0.2, 0) is 6.54 Å². The number of carbonyl (C=O) groups is 1. The summed E-state index contributed by atoms with van der Waals surface area (Å²) in [5.41, 5.74) is 1.38. The van der Waals surface area contributed by atoms with E-state index in [1.165, 1.54) is 33.2 Å². The number of anilines is 1. The van der Waals surface area contributed by atoms with Crippen molar-refractivity contribution < 1.29 is 18.3 Å². The number of nitrogens with zero attached hydrogens (tertiary/aromatic N) is 11. The van der Waals surface area contributed by atoms with Gasteiger partial charge in [-0.2, -0.15) is 23.8 Å². The van der Waals surface area contributed by atoms with Crippen molar-refractivity contribution >= 4 is 29.0 Å². The van der Waals surface area contributed by atoms with Crippen LogP contribution in [0.2, 0.25) is 0 Å². The van der Waals surface area contributed by atoms with Crippen LogP contribution >= 0.6 is 11.8 Å². The van der Waals surface area contributed by atoms with Crippen molar-refractivity contribution in [2.24, 2.45) is 0 Å². The molecule has 6 rings (SSSR count). The highest BCUT2D eigenvalue weighted by atomic mass is 32.2. The van der Waals surface area contributed by atoms with Gasteiger partial charge in [-0.25, -0.2) is 9.50 Å². The number of benzene rings is 1. The highest BCUT2D eigenvalue weighted by Crippen LogP contribution is 2.38. The zero-order valence-corrected chi connectivity index (χ0v) is 25.0. The predicted octanol–water partition coefficient (Wildman–Crippen LogP) is 2.62. The van der Waals surface area contributed by atoms with Gasteiger partial charge in [-0.1, -0.05) is 0 Å². The summed E-state index contributed by atoms with van der Waals surface area (Å²) in [7, 11) is 4.09. The number of halogens is 2. The summed E-state index contributed by atoms with van der Waals surface area (Å²) in [5.74, 6) is -0.161. The van der Waals surface area contributed by atoms with E-state index >= 15 is 0 Å². The third-order valence-electron chi connectivity index (χ3n) is 7.09. The number of hydrogen-bond donors (Lipinski definition) is 1. The second-order valence-corrected chi connectivity index (χ2v) is 11.4. The molecule has 0 unspecified atom stereocenters. The fraction of sp³-hybridized carbons (Fsp3) is 0.370. The number of aromatic nitrogens is 9. The van der Waals surface area contributed by atoms with Crippen molar-refractivity contribution in [1.82, 2.24) is 54.4 Å². The zero-order chi connectivity index (χ0) is 30.8. The molecule has 1 fully saturated rings. The van der Waals surface area contributed by atoms with E-state index in [0.29, 0.717) is 11.5 Å².